The van der Waals surface area contributed by atoms with Crippen molar-refractivity contribution in [1.29, 1.82) is 0 Å². The molecule has 4 heterocycles. The number of likely N-dealkylation sites (tertiary alicyclic amines) is 1. The first-order valence-electron chi connectivity index (χ1n) is 16.6. The molecule has 246 valence electrons. The van der Waals surface area contributed by atoms with Gasteiger partial charge in [0.1, 0.15) is 34.5 Å². The van der Waals surface area contributed by atoms with Gasteiger partial charge in [0.2, 0.25) is 11.8 Å². The molecule has 1 aromatic carbocycles. The number of fused-ring (bicyclic) bond motifs is 2. The summed E-state index contributed by atoms with van der Waals surface area (Å²) in [6.07, 6.45) is 10.3. The Kier molecular flexibility index (Phi) is 9.29. The van der Waals surface area contributed by atoms with Gasteiger partial charge in [-0.3, -0.25) is 19.1 Å². The van der Waals surface area contributed by atoms with Gasteiger partial charge in [0.15, 0.2) is 5.78 Å². The molecule has 1 aliphatic heterocycles. The lowest BCUT2D eigenvalue weighted by Crippen LogP contribution is -2.47. The number of amides is 2. The molecular weight excluding hydrogens is 658 g/mol. The number of nitrogens with one attached hydrogen (secondary N) is 1. The second-order valence-electron chi connectivity index (χ2n) is 13.4. The Morgan fingerprint density at radius 2 is 1.81 bits per heavy atom. The number of benzene rings is 1. The van der Waals surface area contributed by atoms with Crippen LogP contribution in [-0.4, -0.2) is 59.3 Å². The van der Waals surface area contributed by atoms with Gasteiger partial charge < -0.3 is 10.2 Å². The van der Waals surface area contributed by atoms with E-state index in [1.54, 1.807) is 22.0 Å². The number of unbranched alkanes of at least 4 members (excludes halogenated alkanes) is 3. The minimum atomic E-state index is -0.625. The lowest BCUT2D eigenvalue weighted by atomic mass is 9.87. The van der Waals surface area contributed by atoms with E-state index in [1.165, 1.54) is 13.3 Å². The predicted octanol–water partition coefficient (Wildman–Crippen LogP) is 6.94. The molecule has 0 spiro atoms. The number of Topliss-reactive ketones (excluding diaryl/α,β-unsaturated/α-hetero) is 1. The van der Waals surface area contributed by atoms with Crippen LogP contribution in [0.4, 0.5) is 5.82 Å². The average molecular weight is 701 g/mol. The molecule has 0 unspecified atom stereocenters. The van der Waals surface area contributed by atoms with Crippen LogP contribution >= 0.6 is 15.9 Å². The molecule has 4 aromatic rings. The summed E-state index contributed by atoms with van der Waals surface area (Å²) in [6, 6.07) is 8.97. The summed E-state index contributed by atoms with van der Waals surface area (Å²) in [7, 11) is 0. The molecule has 0 bridgehead atoms. The monoisotopic (exact) mass is 699 g/mol. The Bertz CT molecular complexity index is 1840. The van der Waals surface area contributed by atoms with E-state index in [0.717, 1.165) is 48.8 Å². The van der Waals surface area contributed by atoms with Crippen molar-refractivity contribution >= 4 is 50.2 Å². The molecule has 3 aromatic heterocycles. The highest BCUT2D eigenvalue weighted by Crippen LogP contribution is 2.63. The minimum Gasteiger partial charge on any atom is -0.325 e. The third-order valence-corrected chi connectivity index (χ3v) is 10.5. The van der Waals surface area contributed by atoms with E-state index in [9.17, 15) is 14.4 Å². The summed E-state index contributed by atoms with van der Waals surface area (Å²) in [5.41, 5.74) is 3.56. The molecule has 0 radical (unpaired) electrons. The van der Waals surface area contributed by atoms with Gasteiger partial charge in [-0.25, -0.2) is 15.0 Å². The van der Waals surface area contributed by atoms with Crippen molar-refractivity contribution in [2.75, 3.05) is 5.32 Å². The highest BCUT2D eigenvalue weighted by Gasteiger charge is 2.68. The summed E-state index contributed by atoms with van der Waals surface area (Å²) >= 11 is 3.46. The third kappa shape index (κ3) is 6.46. The summed E-state index contributed by atoms with van der Waals surface area (Å²) in [4.78, 5) is 55.9. The van der Waals surface area contributed by atoms with Crippen molar-refractivity contribution in [1.82, 2.24) is 29.6 Å². The highest BCUT2D eigenvalue weighted by molar-refractivity contribution is 9.10. The molecular formula is C36H42BrN7O3. The lowest BCUT2D eigenvalue weighted by molar-refractivity contribution is -0.138. The fourth-order valence-corrected chi connectivity index (χ4v) is 7.51. The summed E-state index contributed by atoms with van der Waals surface area (Å²) in [6.45, 7) is 9.75. The SMILES string of the molecule is CCCCCCc1ccc(Br)nc1NC(=O)[C@@H]1C[C@@]2(C(C)C)C[C@H]2N1C(=O)Cn1nc(C(C)=O)c2cc(-c3cnc(C)nc3)ccc21. The van der Waals surface area contributed by atoms with Crippen LogP contribution < -0.4 is 5.32 Å². The smallest absolute Gasteiger partial charge is 0.248 e. The molecule has 2 fully saturated rings. The number of carbonyl (C=O) groups excluding carboxylic acids is 3. The van der Waals surface area contributed by atoms with Crippen molar-refractivity contribution in [3.63, 3.8) is 0 Å². The summed E-state index contributed by atoms with van der Waals surface area (Å²) in [5.74, 6) is 0.944. The molecule has 10 nitrogen and oxygen atoms in total. The van der Waals surface area contributed by atoms with Gasteiger partial charge in [0, 0.05) is 36.3 Å². The fourth-order valence-electron chi connectivity index (χ4n) is 7.20. The predicted molar refractivity (Wildman–Crippen MR) is 185 cm³/mol. The molecule has 1 saturated heterocycles. The Labute approximate surface area is 283 Å². The van der Waals surface area contributed by atoms with Gasteiger partial charge in [-0.05, 0) is 89.2 Å². The number of aromatic nitrogens is 5. The maximum absolute atomic E-state index is 14.2. The highest BCUT2D eigenvalue weighted by atomic mass is 79.9. The number of anilines is 1. The zero-order valence-electron chi connectivity index (χ0n) is 27.7. The van der Waals surface area contributed by atoms with Crippen LogP contribution in [0.3, 0.4) is 0 Å². The first-order chi connectivity index (χ1) is 22.5. The van der Waals surface area contributed by atoms with E-state index in [4.69, 9.17) is 0 Å². The van der Waals surface area contributed by atoms with Gasteiger partial charge in [-0.2, -0.15) is 5.10 Å². The molecule has 11 heteroatoms. The molecule has 2 aliphatic rings. The number of aryl methyl sites for hydroxylation is 2. The van der Waals surface area contributed by atoms with Crippen LogP contribution in [0.25, 0.3) is 22.0 Å². The van der Waals surface area contributed by atoms with E-state index in [0.29, 0.717) is 45.2 Å². The topological polar surface area (TPSA) is 123 Å². The van der Waals surface area contributed by atoms with Gasteiger partial charge >= 0.3 is 0 Å². The van der Waals surface area contributed by atoms with E-state index in [1.807, 2.05) is 37.3 Å². The number of carbonyl (C=O) groups is 3. The van der Waals surface area contributed by atoms with E-state index in [2.05, 4.69) is 62.1 Å². The van der Waals surface area contributed by atoms with E-state index in [-0.39, 0.29) is 35.6 Å². The molecule has 1 aliphatic carbocycles. The summed E-state index contributed by atoms with van der Waals surface area (Å²) in [5, 5.41) is 8.38. The number of hydrogen-bond donors (Lipinski definition) is 1. The number of rotatable bonds is 12. The number of nitrogens with zero attached hydrogens (tertiary/aromatic N) is 6. The van der Waals surface area contributed by atoms with Crippen molar-refractivity contribution in [2.45, 2.75) is 98.2 Å². The first-order valence-corrected chi connectivity index (χ1v) is 17.4. The zero-order valence-corrected chi connectivity index (χ0v) is 29.3. The van der Waals surface area contributed by atoms with Crippen LogP contribution in [0.5, 0.6) is 0 Å². The number of piperidine rings is 1. The van der Waals surface area contributed by atoms with Crippen molar-refractivity contribution in [2.24, 2.45) is 11.3 Å². The average Bonchev–Trinajstić information content (AvgIpc) is 3.50. The molecule has 6 rings (SSSR count). The van der Waals surface area contributed by atoms with Gasteiger partial charge in [-0.15, -0.1) is 0 Å². The van der Waals surface area contributed by atoms with Crippen LogP contribution in [-0.2, 0) is 22.6 Å². The van der Waals surface area contributed by atoms with Crippen LogP contribution in [0, 0.1) is 18.3 Å². The Hall–Kier alpha value is -3.99. The Morgan fingerprint density at radius 3 is 2.51 bits per heavy atom. The molecule has 3 atom stereocenters. The van der Waals surface area contributed by atoms with E-state index >= 15 is 0 Å². The van der Waals surface area contributed by atoms with Crippen LogP contribution in [0.15, 0.2) is 47.3 Å². The maximum atomic E-state index is 14.2. The van der Waals surface area contributed by atoms with Gasteiger partial charge in [0.05, 0.1) is 5.52 Å². The van der Waals surface area contributed by atoms with Crippen LogP contribution in [0.1, 0.15) is 88.1 Å². The third-order valence-electron chi connectivity index (χ3n) is 10.0. The van der Waals surface area contributed by atoms with Crippen molar-refractivity contribution < 1.29 is 14.4 Å². The zero-order chi connectivity index (χ0) is 33.5. The number of halogens is 1. The lowest BCUT2D eigenvalue weighted by Gasteiger charge is -2.27. The summed E-state index contributed by atoms with van der Waals surface area (Å²) < 4.78 is 2.25. The minimum absolute atomic E-state index is 0.0167. The fraction of sp³-hybridized carbons (Fsp3) is 0.472. The number of ketones is 1. The number of pyridine rings is 1. The van der Waals surface area contributed by atoms with Crippen LogP contribution in [0.2, 0.25) is 0 Å². The normalized spacial score (nSPS) is 20.1. The number of hydrogen-bond acceptors (Lipinski definition) is 7. The van der Waals surface area contributed by atoms with Crippen molar-refractivity contribution in [3.8, 4) is 11.1 Å². The largest absolute Gasteiger partial charge is 0.325 e. The molecule has 1 saturated carbocycles. The van der Waals surface area contributed by atoms with Gasteiger partial charge in [-0.1, -0.05) is 52.2 Å². The first kappa shape index (κ1) is 32.9. The van der Waals surface area contributed by atoms with Crippen molar-refractivity contribution in [3.05, 3.63) is 64.4 Å². The Morgan fingerprint density at radius 1 is 1.04 bits per heavy atom. The quantitative estimate of drug-likeness (QED) is 0.0966. The standard InChI is InChI=1S/C36H42BrN7O3/c1-6-7-8-9-10-24-12-14-31(37)40-34(24)41-35(47)29-16-36(21(2)3)17-30(36)44(29)32(46)20-43-28-13-11-25(26-18-38-23(5)39-19-26)15-27(28)33(42-43)22(4)45/h11-15,18-19,21,29-30H,6-10,16-17,20H2,1-5H3,(H,40,41,47)/t29-,30+,36-/m0/s1. The second-order valence-corrected chi connectivity index (χ2v) is 14.2. The van der Waals surface area contributed by atoms with Gasteiger partial charge in [0.25, 0.3) is 0 Å². The molecule has 1 N–H and O–H groups in total. The maximum Gasteiger partial charge on any atom is 0.248 e. The van der Waals surface area contributed by atoms with E-state index < -0.39 is 6.04 Å². The molecule has 2 amide bonds. The Balaban J connectivity index is 1.27. The second kappa shape index (κ2) is 13.3. The molecule has 47 heavy (non-hydrogen) atoms.